The SMILES string of the molecule is C[C@@]1(C(=O)N2CCC(NC(=O)Nc3ccccc3)CC2)CC1(Cl)Cl. The minimum absolute atomic E-state index is 0.0136. The summed E-state index contributed by atoms with van der Waals surface area (Å²) in [6.45, 7) is 3.02. The fraction of sp³-hybridized carbons (Fsp3) is 0.529. The number of piperidine rings is 1. The van der Waals surface area contributed by atoms with Crippen LogP contribution in [-0.2, 0) is 4.79 Å². The average molecular weight is 370 g/mol. The van der Waals surface area contributed by atoms with Crippen LogP contribution in [0, 0.1) is 5.41 Å². The minimum atomic E-state index is -0.936. The first-order valence-electron chi connectivity index (χ1n) is 8.12. The molecule has 0 bridgehead atoms. The summed E-state index contributed by atoms with van der Waals surface area (Å²) in [6.07, 6.45) is 1.95. The van der Waals surface area contributed by atoms with Crippen LogP contribution in [0.3, 0.4) is 0 Å². The fourth-order valence-corrected chi connectivity index (χ4v) is 3.78. The van der Waals surface area contributed by atoms with Crippen LogP contribution in [0.1, 0.15) is 26.2 Å². The molecule has 0 unspecified atom stereocenters. The van der Waals surface area contributed by atoms with Gasteiger partial charge in [-0.2, -0.15) is 0 Å². The van der Waals surface area contributed by atoms with Crippen molar-refractivity contribution in [1.29, 1.82) is 0 Å². The Kier molecular flexibility index (Phi) is 4.67. The predicted octanol–water partition coefficient (Wildman–Crippen LogP) is 3.38. The topological polar surface area (TPSA) is 61.4 Å². The molecule has 1 aliphatic carbocycles. The number of halogens is 2. The predicted molar refractivity (Wildman–Crippen MR) is 95.4 cm³/mol. The molecule has 24 heavy (non-hydrogen) atoms. The minimum Gasteiger partial charge on any atom is -0.342 e. The van der Waals surface area contributed by atoms with Crippen molar-refractivity contribution in [3.05, 3.63) is 30.3 Å². The molecule has 2 fully saturated rings. The zero-order valence-electron chi connectivity index (χ0n) is 13.5. The Bertz CT molecular complexity index is 630. The van der Waals surface area contributed by atoms with E-state index in [4.69, 9.17) is 23.2 Å². The largest absolute Gasteiger partial charge is 0.342 e. The van der Waals surface area contributed by atoms with Gasteiger partial charge in [-0.1, -0.05) is 18.2 Å². The van der Waals surface area contributed by atoms with E-state index in [1.54, 1.807) is 4.90 Å². The Morgan fingerprint density at radius 2 is 1.75 bits per heavy atom. The van der Waals surface area contributed by atoms with Crippen molar-refractivity contribution in [2.45, 2.75) is 36.6 Å². The van der Waals surface area contributed by atoms with Crippen molar-refractivity contribution in [2.75, 3.05) is 18.4 Å². The number of nitrogens with zero attached hydrogens (tertiary/aromatic N) is 1. The Balaban J connectivity index is 1.46. The van der Waals surface area contributed by atoms with Gasteiger partial charge in [0.25, 0.3) is 0 Å². The molecule has 5 nitrogen and oxygen atoms in total. The highest BCUT2D eigenvalue weighted by atomic mass is 35.5. The van der Waals surface area contributed by atoms with Crippen molar-refractivity contribution >= 4 is 40.8 Å². The summed E-state index contributed by atoms with van der Waals surface area (Å²) in [5.41, 5.74) is 0.0889. The zero-order chi connectivity index (χ0) is 17.4. The first kappa shape index (κ1) is 17.4. The molecule has 1 aliphatic heterocycles. The van der Waals surface area contributed by atoms with E-state index in [1.807, 2.05) is 37.3 Å². The average Bonchev–Trinajstić information content (AvgIpc) is 3.08. The van der Waals surface area contributed by atoms with Gasteiger partial charge >= 0.3 is 6.03 Å². The monoisotopic (exact) mass is 369 g/mol. The molecular weight excluding hydrogens is 349 g/mol. The number of alkyl halides is 2. The number of nitrogens with one attached hydrogen (secondary N) is 2. The number of para-hydroxylation sites is 1. The third-order valence-electron chi connectivity index (χ3n) is 4.88. The van der Waals surface area contributed by atoms with Gasteiger partial charge in [-0.05, 0) is 38.3 Å². The summed E-state index contributed by atoms with van der Waals surface area (Å²) in [5, 5.41) is 5.76. The summed E-state index contributed by atoms with van der Waals surface area (Å²) >= 11 is 12.2. The van der Waals surface area contributed by atoms with E-state index in [9.17, 15) is 9.59 Å². The van der Waals surface area contributed by atoms with Crippen LogP contribution in [0.5, 0.6) is 0 Å². The van der Waals surface area contributed by atoms with E-state index >= 15 is 0 Å². The van der Waals surface area contributed by atoms with Gasteiger partial charge in [0, 0.05) is 24.8 Å². The Labute approximate surface area is 151 Å². The molecule has 1 aromatic rings. The fourth-order valence-electron chi connectivity index (χ4n) is 3.08. The van der Waals surface area contributed by atoms with Gasteiger partial charge in [0.1, 0.15) is 4.33 Å². The number of benzene rings is 1. The number of likely N-dealkylation sites (tertiary alicyclic amines) is 1. The second-order valence-corrected chi connectivity index (χ2v) is 8.23. The van der Waals surface area contributed by atoms with Gasteiger partial charge in [-0.3, -0.25) is 4.79 Å². The molecule has 2 aliphatic rings. The molecule has 0 aromatic heterocycles. The number of urea groups is 1. The van der Waals surface area contributed by atoms with Crippen LogP contribution in [0.2, 0.25) is 0 Å². The molecule has 1 saturated carbocycles. The van der Waals surface area contributed by atoms with Crippen LogP contribution in [0.25, 0.3) is 0 Å². The number of anilines is 1. The highest BCUT2D eigenvalue weighted by molar-refractivity contribution is 6.53. The van der Waals surface area contributed by atoms with Gasteiger partial charge in [0.05, 0.1) is 5.41 Å². The molecule has 3 rings (SSSR count). The lowest BCUT2D eigenvalue weighted by atomic mass is 10.0. The lowest BCUT2D eigenvalue weighted by Gasteiger charge is -2.34. The summed E-state index contributed by atoms with van der Waals surface area (Å²) in [7, 11) is 0. The first-order chi connectivity index (χ1) is 11.3. The van der Waals surface area contributed by atoms with Gasteiger partial charge in [0.15, 0.2) is 0 Å². The Morgan fingerprint density at radius 1 is 1.17 bits per heavy atom. The number of carbonyl (C=O) groups is 2. The maximum absolute atomic E-state index is 12.5. The molecule has 1 aromatic carbocycles. The maximum Gasteiger partial charge on any atom is 0.319 e. The quantitative estimate of drug-likeness (QED) is 0.802. The smallest absolute Gasteiger partial charge is 0.319 e. The van der Waals surface area contributed by atoms with E-state index in [0.29, 0.717) is 19.5 Å². The van der Waals surface area contributed by atoms with Crippen molar-refractivity contribution in [3.63, 3.8) is 0 Å². The summed E-state index contributed by atoms with van der Waals surface area (Å²) in [5.74, 6) is 0.0136. The van der Waals surface area contributed by atoms with E-state index in [2.05, 4.69) is 10.6 Å². The van der Waals surface area contributed by atoms with Crippen molar-refractivity contribution in [3.8, 4) is 0 Å². The highest BCUT2D eigenvalue weighted by Crippen LogP contribution is 2.64. The lowest BCUT2D eigenvalue weighted by molar-refractivity contribution is -0.137. The lowest BCUT2D eigenvalue weighted by Crippen LogP contribution is -2.49. The van der Waals surface area contributed by atoms with E-state index in [-0.39, 0.29) is 18.0 Å². The molecule has 1 saturated heterocycles. The van der Waals surface area contributed by atoms with Crippen LogP contribution in [0.4, 0.5) is 10.5 Å². The van der Waals surface area contributed by atoms with Crippen molar-refractivity contribution in [2.24, 2.45) is 5.41 Å². The van der Waals surface area contributed by atoms with Gasteiger partial charge in [0.2, 0.25) is 5.91 Å². The molecule has 1 atom stereocenters. The molecular formula is C17H21Cl2N3O2. The molecule has 0 spiro atoms. The second kappa shape index (κ2) is 6.45. The molecule has 130 valence electrons. The van der Waals surface area contributed by atoms with Crippen LogP contribution in [0.15, 0.2) is 30.3 Å². The number of hydrogen-bond acceptors (Lipinski definition) is 2. The molecule has 1 heterocycles. The van der Waals surface area contributed by atoms with Gasteiger partial charge < -0.3 is 15.5 Å². The number of rotatable bonds is 3. The van der Waals surface area contributed by atoms with E-state index < -0.39 is 9.75 Å². The maximum atomic E-state index is 12.5. The van der Waals surface area contributed by atoms with Crippen LogP contribution >= 0.6 is 23.2 Å². The summed E-state index contributed by atoms with van der Waals surface area (Å²) in [6, 6.07) is 9.13. The number of amides is 3. The third-order valence-corrected chi connectivity index (χ3v) is 5.98. The standard InChI is InChI=1S/C17H21Cl2N3O2/c1-16(11-17(16,18)19)14(23)22-9-7-13(8-10-22)21-15(24)20-12-5-3-2-4-6-12/h2-6,13H,7-11H2,1H3,(H2,20,21,24)/t16-/m0/s1. The van der Waals surface area contributed by atoms with Gasteiger partial charge in [-0.15, -0.1) is 23.2 Å². The first-order valence-corrected chi connectivity index (χ1v) is 8.87. The number of carbonyl (C=O) groups excluding carboxylic acids is 2. The van der Waals surface area contributed by atoms with Crippen LogP contribution < -0.4 is 10.6 Å². The molecule has 0 radical (unpaired) electrons. The van der Waals surface area contributed by atoms with Gasteiger partial charge in [-0.25, -0.2) is 4.79 Å². The summed E-state index contributed by atoms with van der Waals surface area (Å²) < 4.78 is -0.936. The van der Waals surface area contributed by atoms with Crippen LogP contribution in [-0.4, -0.2) is 40.3 Å². The summed E-state index contributed by atoms with van der Waals surface area (Å²) in [4.78, 5) is 26.3. The normalized spacial score (nSPS) is 25.9. The Hall–Kier alpha value is -1.46. The Morgan fingerprint density at radius 3 is 2.29 bits per heavy atom. The number of hydrogen-bond donors (Lipinski definition) is 2. The van der Waals surface area contributed by atoms with Crippen molar-refractivity contribution < 1.29 is 9.59 Å². The zero-order valence-corrected chi connectivity index (χ0v) is 15.0. The third kappa shape index (κ3) is 3.47. The van der Waals surface area contributed by atoms with E-state index in [0.717, 1.165) is 18.5 Å². The van der Waals surface area contributed by atoms with Crippen molar-refractivity contribution in [1.82, 2.24) is 10.2 Å². The molecule has 7 heteroatoms. The molecule has 3 amide bonds. The molecule has 2 N–H and O–H groups in total. The van der Waals surface area contributed by atoms with E-state index in [1.165, 1.54) is 0 Å². The second-order valence-electron chi connectivity index (χ2n) is 6.74. The highest BCUT2D eigenvalue weighted by Gasteiger charge is 2.68.